The molecule has 0 spiro atoms. The number of nitrogens with one attached hydrogen (secondary N) is 3. The Kier molecular flexibility index (Phi) is 9.07. The first-order valence-electron chi connectivity index (χ1n) is 15.9. The maximum Gasteiger partial charge on any atom is 0.291 e. The molecule has 4 aromatic rings. The van der Waals surface area contributed by atoms with Gasteiger partial charge >= 0.3 is 0 Å². The summed E-state index contributed by atoms with van der Waals surface area (Å²) in [5, 5.41) is 9.90. The Morgan fingerprint density at radius 1 is 0.867 bits per heavy atom. The zero-order valence-electron chi connectivity index (χ0n) is 26.5. The molecule has 0 saturated heterocycles. The number of benzene rings is 2. The fraction of sp³-hybridized carbons (Fsp3) is 0.412. The van der Waals surface area contributed by atoms with Crippen LogP contribution in [0, 0.1) is 0 Å². The van der Waals surface area contributed by atoms with Gasteiger partial charge in [-0.25, -0.2) is 9.97 Å². The minimum absolute atomic E-state index is 0.246. The van der Waals surface area contributed by atoms with Gasteiger partial charge in [0, 0.05) is 75.8 Å². The van der Waals surface area contributed by atoms with Crippen LogP contribution in [0.4, 0.5) is 11.4 Å². The second-order valence-corrected chi connectivity index (χ2v) is 12.3. The molecule has 11 heteroatoms. The molecule has 0 saturated carbocycles. The average molecular weight is 629 g/mol. The molecular formula is C34H41ClN8O2. The van der Waals surface area contributed by atoms with Crippen molar-refractivity contribution in [2.45, 2.75) is 59.0 Å². The highest BCUT2D eigenvalue weighted by Crippen LogP contribution is 2.38. The molecule has 2 amide bonds. The van der Waals surface area contributed by atoms with Gasteiger partial charge < -0.3 is 25.1 Å². The van der Waals surface area contributed by atoms with Crippen molar-refractivity contribution >= 4 is 34.8 Å². The number of carbonyl (C=O) groups excluding carboxylic acids is 2. The smallest absolute Gasteiger partial charge is 0.291 e. The van der Waals surface area contributed by atoms with Gasteiger partial charge in [-0.3, -0.25) is 14.5 Å². The van der Waals surface area contributed by atoms with Gasteiger partial charge in [-0.05, 0) is 42.6 Å². The summed E-state index contributed by atoms with van der Waals surface area (Å²) in [6.07, 6.45) is 4.40. The summed E-state index contributed by atoms with van der Waals surface area (Å²) in [5.74, 6) is 0.233. The molecule has 6 rings (SSSR count). The summed E-state index contributed by atoms with van der Waals surface area (Å²) in [5.41, 5.74) is 7.99. The van der Waals surface area contributed by atoms with Gasteiger partial charge in [-0.2, -0.15) is 0 Å². The largest absolute Gasteiger partial charge is 0.327 e. The SMILES string of the molecule is CCCc1c(NC(=O)c2nc3c(n2C)CCNC3)cccc1-c1cccc(NC(=O)c2nc3c(n2C)CCN(CCC)C3)c1Cl. The summed E-state index contributed by atoms with van der Waals surface area (Å²) in [6.45, 7) is 8.57. The monoisotopic (exact) mass is 628 g/mol. The van der Waals surface area contributed by atoms with Crippen LogP contribution in [-0.4, -0.2) is 55.5 Å². The van der Waals surface area contributed by atoms with E-state index >= 15 is 0 Å². The normalized spacial score (nSPS) is 14.6. The van der Waals surface area contributed by atoms with Crippen LogP contribution < -0.4 is 16.0 Å². The third-order valence-corrected chi connectivity index (χ3v) is 9.28. The molecule has 2 aromatic heterocycles. The first kappa shape index (κ1) is 31.0. The van der Waals surface area contributed by atoms with E-state index in [1.807, 2.05) is 53.6 Å². The van der Waals surface area contributed by atoms with Gasteiger partial charge in [0.2, 0.25) is 0 Å². The first-order chi connectivity index (χ1) is 21.8. The number of carbonyl (C=O) groups is 2. The maximum atomic E-state index is 13.5. The van der Waals surface area contributed by atoms with E-state index in [-0.39, 0.29) is 11.8 Å². The lowest BCUT2D eigenvalue weighted by Crippen LogP contribution is -2.31. The number of nitrogens with zero attached hydrogens (tertiary/aromatic N) is 5. The van der Waals surface area contributed by atoms with E-state index in [1.165, 1.54) is 0 Å². The molecule has 10 nitrogen and oxygen atoms in total. The van der Waals surface area contributed by atoms with Crippen molar-refractivity contribution in [1.82, 2.24) is 29.3 Å². The number of hydrogen-bond donors (Lipinski definition) is 3. The van der Waals surface area contributed by atoms with Crippen LogP contribution in [0.25, 0.3) is 11.1 Å². The minimum atomic E-state index is -0.296. The van der Waals surface area contributed by atoms with Crippen molar-refractivity contribution in [3.8, 4) is 11.1 Å². The predicted octanol–water partition coefficient (Wildman–Crippen LogP) is 5.34. The molecule has 0 unspecified atom stereocenters. The second kappa shape index (κ2) is 13.2. The summed E-state index contributed by atoms with van der Waals surface area (Å²) in [4.78, 5) is 38.8. The molecule has 0 aliphatic carbocycles. The number of fused-ring (bicyclic) bond motifs is 2. The van der Waals surface area contributed by atoms with E-state index < -0.39 is 0 Å². The van der Waals surface area contributed by atoms with E-state index in [0.29, 0.717) is 28.9 Å². The molecule has 4 heterocycles. The lowest BCUT2D eigenvalue weighted by Gasteiger charge is -2.25. The van der Waals surface area contributed by atoms with Crippen molar-refractivity contribution in [2.24, 2.45) is 14.1 Å². The second-order valence-electron chi connectivity index (χ2n) is 11.9. The molecule has 0 fully saturated rings. The van der Waals surface area contributed by atoms with Gasteiger partial charge in [0.15, 0.2) is 11.6 Å². The standard InChI is InChI=1S/C34H41ClN8O2/c1-5-9-22-21(10-7-12-24(22)39-33(44)31-37-26-19-36-16-14-28(26)41(31)3)23-11-8-13-25(30(23)35)40-34(45)32-38-27-20-43(17-6-2)18-15-29(27)42(32)4/h7-8,10-13,36H,5-6,9,14-20H2,1-4H3,(H,39,44)(H,40,45). The van der Waals surface area contributed by atoms with Crippen LogP contribution in [0.15, 0.2) is 36.4 Å². The topological polar surface area (TPSA) is 109 Å². The molecule has 2 aliphatic heterocycles. The van der Waals surface area contributed by atoms with E-state index in [9.17, 15) is 9.59 Å². The third kappa shape index (κ3) is 6.02. The van der Waals surface area contributed by atoms with Gasteiger partial charge in [0.25, 0.3) is 11.8 Å². The van der Waals surface area contributed by atoms with Gasteiger partial charge in [0.1, 0.15) is 0 Å². The van der Waals surface area contributed by atoms with Crippen molar-refractivity contribution < 1.29 is 9.59 Å². The number of anilines is 2. The highest BCUT2D eigenvalue weighted by Gasteiger charge is 2.26. The van der Waals surface area contributed by atoms with Crippen LogP contribution in [0.2, 0.25) is 5.02 Å². The van der Waals surface area contributed by atoms with E-state index in [2.05, 4.69) is 39.7 Å². The highest BCUT2D eigenvalue weighted by molar-refractivity contribution is 6.36. The van der Waals surface area contributed by atoms with Crippen LogP contribution >= 0.6 is 11.6 Å². The fourth-order valence-electron chi connectivity index (χ4n) is 6.62. The Morgan fingerprint density at radius 2 is 1.51 bits per heavy atom. The van der Waals surface area contributed by atoms with E-state index in [1.54, 1.807) is 6.07 Å². The van der Waals surface area contributed by atoms with E-state index in [0.717, 1.165) is 103 Å². The predicted molar refractivity (Wildman–Crippen MR) is 178 cm³/mol. The van der Waals surface area contributed by atoms with Crippen molar-refractivity contribution in [3.63, 3.8) is 0 Å². The number of halogens is 1. The van der Waals surface area contributed by atoms with Gasteiger partial charge in [-0.15, -0.1) is 0 Å². The fourth-order valence-corrected chi connectivity index (χ4v) is 6.90. The van der Waals surface area contributed by atoms with Crippen LogP contribution in [0.5, 0.6) is 0 Å². The third-order valence-electron chi connectivity index (χ3n) is 8.87. The molecule has 0 atom stereocenters. The number of aromatic nitrogens is 4. The first-order valence-corrected chi connectivity index (χ1v) is 16.2. The quantitative estimate of drug-likeness (QED) is 0.231. The highest BCUT2D eigenvalue weighted by atomic mass is 35.5. The lowest BCUT2D eigenvalue weighted by molar-refractivity contribution is 0.100. The zero-order valence-corrected chi connectivity index (χ0v) is 27.2. The molecular weight excluding hydrogens is 588 g/mol. The zero-order chi connectivity index (χ0) is 31.7. The van der Waals surface area contributed by atoms with E-state index in [4.69, 9.17) is 16.6 Å². The number of amides is 2. The Labute approximate surface area is 269 Å². The van der Waals surface area contributed by atoms with Gasteiger partial charge in [-0.1, -0.05) is 56.1 Å². The van der Waals surface area contributed by atoms with Crippen LogP contribution in [-0.2, 0) is 46.4 Å². The summed E-state index contributed by atoms with van der Waals surface area (Å²) in [7, 11) is 3.80. The molecule has 2 aromatic carbocycles. The molecule has 236 valence electrons. The summed E-state index contributed by atoms with van der Waals surface area (Å²) < 4.78 is 3.81. The summed E-state index contributed by atoms with van der Waals surface area (Å²) >= 11 is 7.02. The Hall–Kier alpha value is -3.99. The van der Waals surface area contributed by atoms with Crippen LogP contribution in [0.1, 0.15) is 76.3 Å². The maximum absolute atomic E-state index is 13.5. The molecule has 2 aliphatic rings. The molecule has 45 heavy (non-hydrogen) atoms. The van der Waals surface area contributed by atoms with Crippen LogP contribution in [0.3, 0.4) is 0 Å². The minimum Gasteiger partial charge on any atom is -0.327 e. The Balaban J connectivity index is 1.27. The Morgan fingerprint density at radius 3 is 2.20 bits per heavy atom. The average Bonchev–Trinajstić information content (AvgIpc) is 3.55. The lowest BCUT2D eigenvalue weighted by atomic mass is 9.94. The molecule has 0 bridgehead atoms. The Bertz CT molecular complexity index is 1760. The number of hydrogen-bond acceptors (Lipinski definition) is 6. The number of rotatable bonds is 9. The van der Waals surface area contributed by atoms with Crippen molar-refractivity contribution in [1.29, 1.82) is 0 Å². The molecule has 0 radical (unpaired) electrons. The van der Waals surface area contributed by atoms with Crippen molar-refractivity contribution in [2.75, 3.05) is 30.3 Å². The molecule has 3 N–H and O–H groups in total. The van der Waals surface area contributed by atoms with Gasteiger partial charge in [0.05, 0.1) is 22.1 Å². The number of imidazole rings is 2. The van der Waals surface area contributed by atoms with Crippen molar-refractivity contribution in [3.05, 3.63) is 81.4 Å². The summed E-state index contributed by atoms with van der Waals surface area (Å²) in [6, 6.07) is 11.5.